The molecule has 38 heavy (non-hydrogen) atoms. The van der Waals surface area contributed by atoms with E-state index in [4.69, 9.17) is 39.5 Å². The second-order valence-electron chi connectivity index (χ2n) is 8.38. The average Bonchev–Trinajstić information content (AvgIpc) is 3.16. The molecule has 0 fully saturated rings. The van der Waals surface area contributed by atoms with E-state index >= 15 is 0 Å². The van der Waals surface area contributed by atoms with Crippen molar-refractivity contribution in [3.8, 4) is 0 Å². The number of carbonyl (C=O) groups excluding carboxylic acids is 4. The summed E-state index contributed by atoms with van der Waals surface area (Å²) >= 11 is 18.1. The maximum absolute atomic E-state index is 13.3. The molecule has 0 spiro atoms. The first kappa shape index (κ1) is 25.7. The Bertz CT molecular complexity index is 1560. The van der Waals surface area contributed by atoms with E-state index in [2.05, 4.69) is 0 Å². The second kappa shape index (κ2) is 10.4. The summed E-state index contributed by atoms with van der Waals surface area (Å²) in [5.74, 6) is -2.45. The fourth-order valence-corrected chi connectivity index (χ4v) is 4.53. The molecule has 188 valence electrons. The monoisotopic (exact) mass is 563 g/mol. The lowest BCUT2D eigenvalue weighted by atomic mass is 9.99. The summed E-state index contributed by atoms with van der Waals surface area (Å²) in [6, 6.07) is 23.3. The molecule has 5 rings (SSSR count). The Morgan fingerprint density at radius 1 is 0.684 bits per heavy atom. The Kier molecular flexibility index (Phi) is 7.04. The van der Waals surface area contributed by atoms with Crippen LogP contribution in [0.3, 0.4) is 0 Å². The lowest BCUT2D eigenvalue weighted by Crippen LogP contribution is -2.29. The van der Waals surface area contributed by atoms with Crippen LogP contribution in [-0.4, -0.2) is 23.6 Å². The van der Waals surface area contributed by atoms with Crippen molar-refractivity contribution in [2.45, 2.75) is 6.10 Å². The van der Waals surface area contributed by atoms with Gasteiger partial charge in [-0.05, 0) is 42.5 Å². The van der Waals surface area contributed by atoms with Gasteiger partial charge in [-0.25, -0.2) is 9.69 Å². The number of halogens is 3. The van der Waals surface area contributed by atoms with Gasteiger partial charge in [0.2, 0.25) is 5.78 Å². The molecule has 0 aromatic heterocycles. The number of amides is 2. The fourth-order valence-electron chi connectivity index (χ4n) is 4.08. The normalized spacial score (nSPS) is 13.3. The zero-order valence-corrected chi connectivity index (χ0v) is 21.6. The zero-order valence-electron chi connectivity index (χ0n) is 19.4. The minimum atomic E-state index is -1.26. The van der Waals surface area contributed by atoms with Gasteiger partial charge in [0, 0.05) is 16.1 Å². The van der Waals surface area contributed by atoms with Gasteiger partial charge in [-0.15, -0.1) is 0 Å². The first-order valence-corrected chi connectivity index (χ1v) is 12.4. The van der Waals surface area contributed by atoms with Crippen molar-refractivity contribution in [2.75, 3.05) is 4.90 Å². The van der Waals surface area contributed by atoms with E-state index in [0.717, 1.165) is 4.90 Å². The number of carbonyl (C=O) groups is 4. The zero-order chi connectivity index (χ0) is 27.0. The van der Waals surface area contributed by atoms with Crippen LogP contribution in [0, 0.1) is 0 Å². The summed E-state index contributed by atoms with van der Waals surface area (Å²) in [6.45, 7) is 0. The molecule has 1 heterocycles. The fraction of sp³-hybridized carbons (Fsp3) is 0.0345. The Labute approximate surface area is 232 Å². The molecule has 2 amide bonds. The summed E-state index contributed by atoms with van der Waals surface area (Å²) in [5, 5.41) is 0.742. The molecule has 0 N–H and O–H groups in total. The summed E-state index contributed by atoms with van der Waals surface area (Å²) in [7, 11) is 0. The highest BCUT2D eigenvalue weighted by Crippen LogP contribution is 2.34. The summed E-state index contributed by atoms with van der Waals surface area (Å²) in [5.41, 5.74) is 1.19. The van der Waals surface area contributed by atoms with Gasteiger partial charge in [0.15, 0.2) is 6.10 Å². The highest BCUT2D eigenvalue weighted by Gasteiger charge is 2.38. The number of anilines is 1. The Morgan fingerprint density at radius 2 is 1.26 bits per heavy atom. The van der Waals surface area contributed by atoms with Crippen LogP contribution in [0.2, 0.25) is 15.1 Å². The van der Waals surface area contributed by atoms with Gasteiger partial charge in [-0.3, -0.25) is 14.4 Å². The number of hydrogen-bond acceptors (Lipinski definition) is 5. The molecule has 0 radical (unpaired) electrons. The molecule has 0 aliphatic carbocycles. The van der Waals surface area contributed by atoms with Gasteiger partial charge in [0.1, 0.15) is 0 Å². The van der Waals surface area contributed by atoms with Gasteiger partial charge >= 0.3 is 5.97 Å². The molecular formula is C29H16Cl3NO5. The number of hydrogen-bond donors (Lipinski definition) is 0. The van der Waals surface area contributed by atoms with E-state index < -0.39 is 29.7 Å². The molecule has 0 bridgehead atoms. The third-order valence-electron chi connectivity index (χ3n) is 5.96. The predicted octanol–water partition coefficient (Wildman–Crippen LogP) is 7.23. The summed E-state index contributed by atoms with van der Waals surface area (Å²) < 4.78 is 5.69. The molecule has 1 atom stereocenters. The molecule has 9 heteroatoms. The second-order valence-corrected chi connectivity index (χ2v) is 9.63. The largest absolute Gasteiger partial charge is 0.445 e. The van der Waals surface area contributed by atoms with Crippen LogP contribution < -0.4 is 4.90 Å². The molecule has 0 saturated heterocycles. The smallest absolute Gasteiger partial charge is 0.339 e. The highest BCUT2D eigenvalue weighted by atomic mass is 35.5. The van der Waals surface area contributed by atoms with E-state index in [1.165, 1.54) is 36.4 Å². The van der Waals surface area contributed by atoms with Crippen molar-refractivity contribution in [3.63, 3.8) is 0 Å². The predicted molar refractivity (Wildman–Crippen MR) is 144 cm³/mol. The lowest BCUT2D eigenvalue weighted by Gasteiger charge is -2.19. The van der Waals surface area contributed by atoms with Crippen LogP contribution in [0.5, 0.6) is 0 Å². The van der Waals surface area contributed by atoms with Crippen molar-refractivity contribution in [1.29, 1.82) is 0 Å². The van der Waals surface area contributed by atoms with Crippen molar-refractivity contribution in [1.82, 2.24) is 0 Å². The van der Waals surface area contributed by atoms with Crippen molar-refractivity contribution < 1.29 is 23.9 Å². The van der Waals surface area contributed by atoms with Gasteiger partial charge in [-0.1, -0.05) is 83.3 Å². The number of Topliss-reactive ketones (excluding diaryl/α,β-unsaturated/α-hetero) is 1. The van der Waals surface area contributed by atoms with Gasteiger partial charge < -0.3 is 4.74 Å². The first-order valence-electron chi connectivity index (χ1n) is 11.3. The standard InChI is InChI=1S/C29H16Cl3NO5/c30-19-11-9-17(10-12-19)26(25(34)16-5-2-1-3-6-16)38-29(37)18-7-4-8-20(13-18)33-27(35)21-14-23(31)24(32)15-22(21)28(33)36/h1-15,26H/t26-/m1/s1. The molecule has 0 unspecified atom stereocenters. The number of ether oxygens (including phenoxy) is 1. The number of fused-ring (bicyclic) bond motifs is 1. The number of nitrogens with zero attached hydrogens (tertiary/aromatic N) is 1. The first-order chi connectivity index (χ1) is 18.2. The maximum atomic E-state index is 13.3. The molecule has 0 saturated carbocycles. The van der Waals surface area contributed by atoms with Crippen LogP contribution >= 0.6 is 34.8 Å². The Hall–Kier alpha value is -3.97. The maximum Gasteiger partial charge on any atom is 0.339 e. The Morgan fingerprint density at radius 3 is 1.87 bits per heavy atom. The molecular weight excluding hydrogens is 549 g/mol. The van der Waals surface area contributed by atoms with Crippen LogP contribution in [0.1, 0.15) is 53.1 Å². The lowest BCUT2D eigenvalue weighted by molar-refractivity contribution is 0.0280. The quantitative estimate of drug-likeness (QED) is 0.140. The molecule has 6 nitrogen and oxygen atoms in total. The SMILES string of the molecule is O=C(O[C@@H](C(=O)c1ccccc1)c1ccc(Cl)cc1)c1cccc(N2C(=O)c3cc(Cl)c(Cl)cc3C2=O)c1. The van der Waals surface area contributed by atoms with E-state index in [1.807, 2.05) is 0 Å². The summed E-state index contributed by atoms with van der Waals surface area (Å²) in [6.07, 6.45) is -1.26. The van der Waals surface area contributed by atoms with Crippen LogP contribution in [0.25, 0.3) is 0 Å². The van der Waals surface area contributed by atoms with Crippen LogP contribution in [0.15, 0.2) is 91.0 Å². The number of rotatable bonds is 6. The van der Waals surface area contributed by atoms with Crippen molar-refractivity contribution in [2.24, 2.45) is 0 Å². The number of imide groups is 1. The van der Waals surface area contributed by atoms with E-state index in [1.54, 1.807) is 54.6 Å². The number of benzene rings is 4. The van der Waals surface area contributed by atoms with Gasteiger partial charge in [0.05, 0.1) is 32.4 Å². The van der Waals surface area contributed by atoms with Crippen LogP contribution in [0.4, 0.5) is 5.69 Å². The third kappa shape index (κ3) is 4.82. The van der Waals surface area contributed by atoms with E-state index in [-0.39, 0.29) is 32.4 Å². The van der Waals surface area contributed by atoms with E-state index in [9.17, 15) is 19.2 Å². The molecule has 4 aromatic rings. The summed E-state index contributed by atoms with van der Waals surface area (Å²) in [4.78, 5) is 53.5. The van der Waals surface area contributed by atoms with Gasteiger partial charge in [-0.2, -0.15) is 0 Å². The topological polar surface area (TPSA) is 80.8 Å². The minimum absolute atomic E-state index is 0.0370. The van der Waals surface area contributed by atoms with Crippen LogP contribution in [-0.2, 0) is 4.74 Å². The van der Waals surface area contributed by atoms with Crippen molar-refractivity contribution in [3.05, 3.63) is 134 Å². The average molecular weight is 565 g/mol. The minimum Gasteiger partial charge on any atom is -0.445 e. The molecule has 4 aromatic carbocycles. The van der Waals surface area contributed by atoms with E-state index in [0.29, 0.717) is 16.1 Å². The molecule has 1 aliphatic heterocycles. The van der Waals surface area contributed by atoms with Crippen molar-refractivity contribution >= 4 is 64.1 Å². The third-order valence-corrected chi connectivity index (χ3v) is 6.94. The number of ketones is 1. The Balaban J connectivity index is 1.45. The number of esters is 1. The highest BCUT2D eigenvalue weighted by molar-refractivity contribution is 6.44. The van der Waals surface area contributed by atoms with Gasteiger partial charge in [0.25, 0.3) is 11.8 Å². The molecule has 1 aliphatic rings.